The van der Waals surface area contributed by atoms with Crippen molar-refractivity contribution in [3.63, 3.8) is 0 Å². The summed E-state index contributed by atoms with van der Waals surface area (Å²) in [5.41, 5.74) is 0.967. The van der Waals surface area contributed by atoms with E-state index in [1.54, 1.807) is 59.5 Å². The zero-order valence-corrected chi connectivity index (χ0v) is 14.8. The molecule has 0 aliphatic rings. The SMILES string of the molecule is COc1cc(C(=O)CNS(=O)(=O)c2ccccc2)cc(-n2cccn2)c1. The van der Waals surface area contributed by atoms with Gasteiger partial charge in [-0.1, -0.05) is 18.2 Å². The first kappa shape index (κ1) is 17.8. The van der Waals surface area contributed by atoms with Gasteiger partial charge in [-0.15, -0.1) is 0 Å². The lowest BCUT2D eigenvalue weighted by Crippen LogP contribution is -2.29. The van der Waals surface area contributed by atoms with E-state index in [1.807, 2.05) is 0 Å². The van der Waals surface area contributed by atoms with Crippen molar-refractivity contribution in [1.82, 2.24) is 14.5 Å². The van der Waals surface area contributed by atoms with Crippen molar-refractivity contribution in [1.29, 1.82) is 0 Å². The van der Waals surface area contributed by atoms with Crippen LogP contribution in [0.5, 0.6) is 5.75 Å². The molecule has 8 heteroatoms. The van der Waals surface area contributed by atoms with E-state index in [9.17, 15) is 13.2 Å². The topological polar surface area (TPSA) is 90.3 Å². The maximum atomic E-state index is 12.5. The van der Waals surface area contributed by atoms with E-state index in [-0.39, 0.29) is 17.2 Å². The molecule has 0 bridgehead atoms. The number of nitrogens with zero attached hydrogens (tertiary/aromatic N) is 2. The van der Waals surface area contributed by atoms with E-state index in [0.717, 1.165) is 0 Å². The Kier molecular flexibility index (Phi) is 5.15. The van der Waals surface area contributed by atoms with Crippen LogP contribution in [0.25, 0.3) is 5.69 Å². The van der Waals surface area contributed by atoms with E-state index >= 15 is 0 Å². The lowest BCUT2D eigenvalue weighted by atomic mass is 10.1. The van der Waals surface area contributed by atoms with Gasteiger partial charge in [0.2, 0.25) is 10.0 Å². The number of sulfonamides is 1. The number of hydrogen-bond donors (Lipinski definition) is 1. The van der Waals surface area contributed by atoms with E-state index in [0.29, 0.717) is 17.0 Å². The Hall–Kier alpha value is -2.97. The second-order valence-corrected chi connectivity index (χ2v) is 7.20. The molecule has 0 aliphatic heterocycles. The average molecular weight is 371 g/mol. The highest BCUT2D eigenvalue weighted by atomic mass is 32.2. The van der Waals surface area contributed by atoms with Crippen LogP contribution < -0.4 is 9.46 Å². The van der Waals surface area contributed by atoms with E-state index in [2.05, 4.69) is 9.82 Å². The van der Waals surface area contributed by atoms with Gasteiger partial charge in [0.25, 0.3) is 0 Å². The summed E-state index contributed by atoms with van der Waals surface area (Å²) in [6.45, 7) is -0.358. The van der Waals surface area contributed by atoms with Gasteiger partial charge in [-0.3, -0.25) is 4.79 Å². The van der Waals surface area contributed by atoms with Gasteiger partial charge < -0.3 is 4.74 Å². The quantitative estimate of drug-likeness (QED) is 0.642. The molecule has 0 spiro atoms. The van der Waals surface area contributed by atoms with Crippen molar-refractivity contribution in [3.8, 4) is 11.4 Å². The fourth-order valence-corrected chi connectivity index (χ4v) is 3.36. The molecule has 0 saturated carbocycles. The molecular weight excluding hydrogens is 354 g/mol. The molecule has 0 saturated heterocycles. The fourth-order valence-electron chi connectivity index (χ4n) is 2.36. The molecule has 0 radical (unpaired) electrons. The van der Waals surface area contributed by atoms with Crippen molar-refractivity contribution in [2.45, 2.75) is 4.90 Å². The third-order valence-electron chi connectivity index (χ3n) is 3.69. The summed E-state index contributed by atoms with van der Waals surface area (Å²) in [5, 5.41) is 4.13. The monoisotopic (exact) mass is 371 g/mol. The van der Waals surface area contributed by atoms with Crippen LogP contribution in [0.2, 0.25) is 0 Å². The Labute approximate surface area is 151 Å². The lowest BCUT2D eigenvalue weighted by Gasteiger charge is -2.10. The van der Waals surface area contributed by atoms with Gasteiger partial charge >= 0.3 is 0 Å². The molecule has 2 aromatic carbocycles. The van der Waals surface area contributed by atoms with E-state index < -0.39 is 10.0 Å². The summed E-state index contributed by atoms with van der Waals surface area (Å²) in [6, 6.07) is 14.6. The molecule has 0 aliphatic carbocycles. The van der Waals surface area contributed by atoms with Crippen molar-refractivity contribution in [2.75, 3.05) is 13.7 Å². The minimum Gasteiger partial charge on any atom is -0.497 e. The predicted octanol–water partition coefficient (Wildman–Crippen LogP) is 2.04. The number of rotatable bonds is 7. The number of Topliss-reactive ketones (excluding diaryl/α,β-unsaturated/α-hetero) is 1. The van der Waals surface area contributed by atoms with Gasteiger partial charge in [0.1, 0.15) is 5.75 Å². The predicted molar refractivity (Wildman–Crippen MR) is 96.1 cm³/mol. The molecule has 0 fully saturated rings. The Morgan fingerprint density at radius 3 is 2.58 bits per heavy atom. The van der Waals surface area contributed by atoms with Crippen LogP contribution in [-0.2, 0) is 10.0 Å². The number of methoxy groups -OCH3 is 1. The number of ketones is 1. The number of carbonyl (C=O) groups excluding carboxylic acids is 1. The van der Waals surface area contributed by atoms with Gasteiger partial charge in [-0.25, -0.2) is 17.8 Å². The van der Waals surface area contributed by atoms with Crippen LogP contribution in [0.3, 0.4) is 0 Å². The summed E-state index contributed by atoms with van der Waals surface area (Å²) >= 11 is 0. The minimum absolute atomic E-state index is 0.107. The van der Waals surface area contributed by atoms with Crippen molar-refractivity contribution >= 4 is 15.8 Å². The molecule has 0 amide bonds. The maximum Gasteiger partial charge on any atom is 0.240 e. The largest absolute Gasteiger partial charge is 0.497 e. The van der Waals surface area contributed by atoms with Crippen LogP contribution in [0, 0.1) is 0 Å². The number of aromatic nitrogens is 2. The molecule has 1 aromatic heterocycles. The van der Waals surface area contributed by atoms with E-state index in [1.165, 1.54) is 19.2 Å². The van der Waals surface area contributed by atoms with Crippen LogP contribution in [0.15, 0.2) is 71.9 Å². The molecule has 1 N–H and O–H groups in total. The minimum atomic E-state index is -3.75. The number of benzene rings is 2. The van der Waals surface area contributed by atoms with Gasteiger partial charge in [-0.2, -0.15) is 5.10 Å². The number of hydrogen-bond acceptors (Lipinski definition) is 5. The zero-order chi connectivity index (χ0) is 18.6. The van der Waals surface area contributed by atoms with Gasteiger partial charge in [0.05, 0.1) is 24.2 Å². The highest BCUT2D eigenvalue weighted by Crippen LogP contribution is 2.20. The highest BCUT2D eigenvalue weighted by molar-refractivity contribution is 7.89. The Morgan fingerprint density at radius 1 is 1.15 bits per heavy atom. The zero-order valence-electron chi connectivity index (χ0n) is 14.0. The summed E-state index contributed by atoms with van der Waals surface area (Å²) in [6.07, 6.45) is 3.36. The molecule has 3 rings (SSSR count). The first-order valence-electron chi connectivity index (χ1n) is 7.76. The molecule has 1 heterocycles. The first-order chi connectivity index (χ1) is 12.5. The number of nitrogens with one attached hydrogen (secondary N) is 1. The van der Waals surface area contributed by atoms with Crippen molar-refractivity contribution in [2.24, 2.45) is 0 Å². The van der Waals surface area contributed by atoms with Gasteiger partial charge in [0.15, 0.2) is 5.78 Å². The van der Waals surface area contributed by atoms with Crippen LogP contribution in [-0.4, -0.2) is 37.6 Å². The molecule has 26 heavy (non-hydrogen) atoms. The molecule has 134 valence electrons. The molecular formula is C18H17N3O4S. The fraction of sp³-hybridized carbons (Fsp3) is 0.111. The Balaban J connectivity index is 1.81. The second kappa shape index (κ2) is 7.51. The third-order valence-corrected chi connectivity index (χ3v) is 5.11. The van der Waals surface area contributed by atoms with E-state index in [4.69, 9.17) is 4.74 Å². The Bertz CT molecular complexity index is 1000. The van der Waals surface area contributed by atoms with Gasteiger partial charge in [-0.05, 0) is 30.3 Å². The lowest BCUT2D eigenvalue weighted by molar-refractivity contribution is 0.0996. The number of carbonyl (C=O) groups is 1. The summed E-state index contributed by atoms with van der Waals surface area (Å²) in [4.78, 5) is 12.6. The summed E-state index contributed by atoms with van der Waals surface area (Å²) in [5.74, 6) is 0.101. The smallest absolute Gasteiger partial charge is 0.240 e. The molecule has 0 unspecified atom stereocenters. The number of ether oxygens (including phenoxy) is 1. The van der Waals surface area contributed by atoms with Crippen molar-refractivity contribution in [3.05, 3.63) is 72.6 Å². The third kappa shape index (κ3) is 3.98. The summed E-state index contributed by atoms with van der Waals surface area (Å²) in [7, 11) is -2.26. The first-order valence-corrected chi connectivity index (χ1v) is 9.25. The standard InChI is InChI=1S/C18H17N3O4S/c1-25-16-11-14(10-15(12-16)21-9-5-8-19-21)18(22)13-20-26(23,24)17-6-3-2-4-7-17/h2-12,20H,13H2,1H3. The normalized spacial score (nSPS) is 11.3. The molecule has 7 nitrogen and oxygen atoms in total. The van der Waals surface area contributed by atoms with Gasteiger partial charge in [0, 0.05) is 24.0 Å². The average Bonchev–Trinajstić information content (AvgIpc) is 3.21. The summed E-state index contributed by atoms with van der Waals surface area (Å²) < 4.78 is 33.6. The van der Waals surface area contributed by atoms with Crippen LogP contribution in [0.4, 0.5) is 0 Å². The van der Waals surface area contributed by atoms with Crippen LogP contribution >= 0.6 is 0 Å². The van der Waals surface area contributed by atoms with Crippen LogP contribution in [0.1, 0.15) is 10.4 Å². The maximum absolute atomic E-state index is 12.5. The second-order valence-electron chi connectivity index (χ2n) is 5.43. The Morgan fingerprint density at radius 2 is 1.92 bits per heavy atom. The van der Waals surface area contributed by atoms with Crippen molar-refractivity contribution < 1.29 is 17.9 Å². The molecule has 0 atom stereocenters. The molecule has 3 aromatic rings. The highest BCUT2D eigenvalue weighted by Gasteiger charge is 2.17.